The van der Waals surface area contributed by atoms with Crippen molar-refractivity contribution in [2.24, 2.45) is 5.73 Å². The molecule has 1 aliphatic heterocycles. The zero-order chi connectivity index (χ0) is 13.5. The Bertz CT molecular complexity index is 254. The summed E-state index contributed by atoms with van der Waals surface area (Å²) in [5.74, 6) is -0.349. The van der Waals surface area contributed by atoms with Crippen LogP contribution < -0.4 is 11.1 Å². The van der Waals surface area contributed by atoms with Gasteiger partial charge in [0.2, 0.25) is 5.91 Å². The molecule has 6 nitrogen and oxygen atoms in total. The Hall–Kier alpha value is -0.690. The van der Waals surface area contributed by atoms with Gasteiger partial charge in [-0.25, -0.2) is 0 Å². The summed E-state index contributed by atoms with van der Waals surface area (Å²) in [6.07, 6.45) is -0.440. The standard InChI is InChI=1S/C12H26N4O2/c1-10(2)16(9-12(13)18)8-11(17)7-15-5-3-14-4-6-15/h10-11,14,17H,3-9H2,1-2H3,(H2,13,18). The smallest absolute Gasteiger partial charge is 0.231 e. The maximum atomic E-state index is 11.0. The molecule has 1 unspecified atom stereocenters. The maximum absolute atomic E-state index is 11.0. The van der Waals surface area contributed by atoms with Gasteiger partial charge in [-0.05, 0) is 13.8 Å². The second kappa shape index (κ2) is 7.68. The van der Waals surface area contributed by atoms with Crippen LogP contribution in [0.4, 0.5) is 0 Å². The molecule has 1 amide bonds. The van der Waals surface area contributed by atoms with E-state index in [-0.39, 0.29) is 18.5 Å². The predicted octanol–water partition coefficient (Wildman–Crippen LogP) is -1.55. The van der Waals surface area contributed by atoms with Crippen LogP contribution >= 0.6 is 0 Å². The molecule has 0 bridgehead atoms. The van der Waals surface area contributed by atoms with Crippen molar-refractivity contribution in [1.82, 2.24) is 15.1 Å². The largest absolute Gasteiger partial charge is 0.390 e. The molecule has 0 spiro atoms. The first kappa shape index (κ1) is 15.4. The molecule has 1 fully saturated rings. The number of carbonyl (C=O) groups excluding carboxylic acids is 1. The number of carbonyl (C=O) groups is 1. The highest BCUT2D eigenvalue weighted by molar-refractivity contribution is 5.75. The Kier molecular flexibility index (Phi) is 6.56. The summed E-state index contributed by atoms with van der Waals surface area (Å²) < 4.78 is 0. The van der Waals surface area contributed by atoms with Crippen LogP contribution in [0.2, 0.25) is 0 Å². The number of nitrogens with two attached hydrogens (primary N) is 1. The van der Waals surface area contributed by atoms with Crippen LogP contribution in [0.3, 0.4) is 0 Å². The molecule has 1 heterocycles. The van der Waals surface area contributed by atoms with Gasteiger partial charge in [-0.1, -0.05) is 0 Å². The molecule has 1 aliphatic rings. The van der Waals surface area contributed by atoms with E-state index in [0.717, 1.165) is 26.2 Å². The SMILES string of the molecule is CC(C)N(CC(N)=O)CC(O)CN1CCNCC1. The number of rotatable bonds is 7. The number of hydrogen-bond acceptors (Lipinski definition) is 5. The molecule has 1 rings (SSSR count). The topological polar surface area (TPSA) is 81.8 Å². The van der Waals surface area contributed by atoms with Crippen LogP contribution in [0.5, 0.6) is 0 Å². The highest BCUT2D eigenvalue weighted by Crippen LogP contribution is 2.02. The fourth-order valence-corrected chi connectivity index (χ4v) is 2.18. The summed E-state index contributed by atoms with van der Waals surface area (Å²) in [5.41, 5.74) is 5.21. The molecule has 0 saturated carbocycles. The highest BCUT2D eigenvalue weighted by atomic mass is 16.3. The van der Waals surface area contributed by atoms with E-state index in [1.165, 1.54) is 0 Å². The van der Waals surface area contributed by atoms with Crippen LogP contribution in [-0.2, 0) is 4.79 Å². The van der Waals surface area contributed by atoms with E-state index in [9.17, 15) is 9.90 Å². The third kappa shape index (κ3) is 5.77. The van der Waals surface area contributed by atoms with Crippen molar-refractivity contribution >= 4 is 5.91 Å². The van der Waals surface area contributed by atoms with Gasteiger partial charge >= 0.3 is 0 Å². The molecule has 0 radical (unpaired) electrons. The Labute approximate surface area is 109 Å². The summed E-state index contributed by atoms with van der Waals surface area (Å²) in [5, 5.41) is 13.4. The number of β-amino-alcohol motifs (C(OH)–C–C–N with tert-alkyl or cyclic N) is 1. The van der Waals surface area contributed by atoms with Gasteiger partial charge in [0, 0.05) is 45.3 Å². The number of aliphatic hydroxyl groups is 1. The first-order valence-corrected chi connectivity index (χ1v) is 6.62. The van der Waals surface area contributed by atoms with Crippen molar-refractivity contribution in [2.75, 3.05) is 45.8 Å². The van der Waals surface area contributed by atoms with Crippen molar-refractivity contribution in [3.63, 3.8) is 0 Å². The third-order valence-corrected chi connectivity index (χ3v) is 3.21. The second-order valence-electron chi connectivity index (χ2n) is 5.19. The van der Waals surface area contributed by atoms with E-state index < -0.39 is 6.10 Å². The molecular formula is C12H26N4O2. The quantitative estimate of drug-likeness (QED) is 0.515. The van der Waals surface area contributed by atoms with Crippen LogP contribution in [0.25, 0.3) is 0 Å². The second-order valence-corrected chi connectivity index (χ2v) is 5.19. The molecule has 4 N–H and O–H groups in total. The molecule has 106 valence electrons. The molecule has 0 aromatic carbocycles. The molecular weight excluding hydrogens is 232 g/mol. The van der Waals surface area contributed by atoms with E-state index in [1.54, 1.807) is 0 Å². The van der Waals surface area contributed by atoms with E-state index >= 15 is 0 Å². The number of amides is 1. The fourth-order valence-electron chi connectivity index (χ4n) is 2.18. The zero-order valence-corrected chi connectivity index (χ0v) is 11.4. The molecule has 6 heteroatoms. The number of hydrogen-bond donors (Lipinski definition) is 3. The monoisotopic (exact) mass is 258 g/mol. The van der Waals surface area contributed by atoms with E-state index in [4.69, 9.17) is 5.73 Å². The van der Waals surface area contributed by atoms with Gasteiger partial charge in [0.15, 0.2) is 0 Å². The summed E-state index contributed by atoms with van der Waals surface area (Å²) in [6.45, 7) is 9.23. The normalized spacial score (nSPS) is 19.4. The summed E-state index contributed by atoms with van der Waals surface area (Å²) in [6, 6.07) is 0.204. The van der Waals surface area contributed by atoms with Crippen molar-refractivity contribution in [3.05, 3.63) is 0 Å². The lowest BCUT2D eigenvalue weighted by molar-refractivity contribution is -0.120. The average molecular weight is 258 g/mol. The van der Waals surface area contributed by atoms with Crippen LogP contribution in [0.1, 0.15) is 13.8 Å². The van der Waals surface area contributed by atoms with E-state index in [2.05, 4.69) is 10.2 Å². The Balaban J connectivity index is 2.35. The minimum absolute atomic E-state index is 0.204. The van der Waals surface area contributed by atoms with Gasteiger partial charge in [-0.15, -0.1) is 0 Å². The fraction of sp³-hybridized carbons (Fsp3) is 0.917. The minimum Gasteiger partial charge on any atom is -0.390 e. The first-order valence-electron chi connectivity index (χ1n) is 6.62. The molecule has 0 aromatic rings. The lowest BCUT2D eigenvalue weighted by atomic mass is 10.2. The van der Waals surface area contributed by atoms with Crippen LogP contribution in [-0.4, -0.2) is 78.8 Å². The first-order chi connectivity index (χ1) is 8.49. The lowest BCUT2D eigenvalue weighted by Gasteiger charge is -2.32. The Morgan fingerprint density at radius 2 is 2.06 bits per heavy atom. The summed E-state index contributed by atoms with van der Waals surface area (Å²) in [7, 11) is 0. The average Bonchev–Trinajstić information content (AvgIpc) is 2.28. The minimum atomic E-state index is -0.440. The number of aliphatic hydroxyl groups excluding tert-OH is 1. The summed E-state index contributed by atoms with van der Waals surface area (Å²) >= 11 is 0. The van der Waals surface area contributed by atoms with Gasteiger partial charge in [-0.3, -0.25) is 14.6 Å². The van der Waals surface area contributed by atoms with E-state index in [0.29, 0.717) is 13.1 Å². The molecule has 1 atom stereocenters. The maximum Gasteiger partial charge on any atom is 0.231 e. The number of primary amides is 1. The van der Waals surface area contributed by atoms with Gasteiger partial charge in [-0.2, -0.15) is 0 Å². The van der Waals surface area contributed by atoms with Crippen LogP contribution in [0.15, 0.2) is 0 Å². The van der Waals surface area contributed by atoms with Crippen molar-refractivity contribution in [2.45, 2.75) is 26.0 Å². The van der Waals surface area contributed by atoms with Gasteiger partial charge in [0.1, 0.15) is 0 Å². The Morgan fingerprint density at radius 3 is 2.56 bits per heavy atom. The number of nitrogens with one attached hydrogen (secondary N) is 1. The van der Waals surface area contributed by atoms with Gasteiger partial charge in [0.25, 0.3) is 0 Å². The highest BCUT2D eigenvalue weighted by Gasteiger charge is 2.19. The van der Waals surface area contributed by atoms with Crippen LogP contribution in [0, 0.1) is 0 Å². The zero-order valence-electron chi connectivity index (χ0n) is 11.4. The van der Waals surface area contributed by atoms with Gasteiger partial charge in [0.05, 0.1) is 12.6 Å². The molecule has 18 heavy (non-hydrogen) atoms. The van der Waals surface area contributed by atoms with Gasteiger partial charge < -0.3 is 16.2 Å². The molecule has 0 aliphatic carbocycles. The third-order valence-electron chi connectivity index (χ3n) is 3.21. The van der Waals surface area contributed by atoms with Crippen molar-refractivity contribution in [1.29, 1.82) is 0 Å². The predicted molar refractivity (Wildman–Crippen MR) is 71.2 cm³/mol. The van der Waals surface area contributed by atoms with Crippen molar-refractivity contribution in [3.8, 4) is 0 Å². The molecule has 0 aromatic heterocycles. The number of piperazine rings is 1. The number of nitrogens with zero attached hydrogens (tertiary/aromatic N) is 2. The lowest BCUT2D eigenvalue weighted by Crippen LogP contribution is -2.50. The Morgan fingerprint density at radius 1 is 1.44 bits per heavy atom. The summed E-state index contributed by atoms with van der Waals surface area (Å²) in [4.78, 5) is 15.1. The molecule has 1 saturated heterocycles. The van der Waals surface area contributed by atoms with E-state index in [1.807, 2.05) is 18.7 Å². The van der Waals surface area contributed by atoms with Crippen molar-refractivity contribution < 1.29 is 9.90 Å².